The molecule has 0 saturated heterocycles. The summed E-state index contributed by atoms with van der Waals surface area (Å²) in [6, 6.07) is 14.7. The Bertz CT molecular complexity index is 716. The first-order valence-electron chi connectivity index (χ1n) is 8.03. The molecule has 126 valence electrons. The van der Waals surface area contributed by atoms with Crippen molar-refractivity contribution in [3.63, 3.8) is 0 Å². The number of carbonyl (C=O) groups is 1. The molecule has 2 aromatic rings. The van der Waals surface area contributed by atoms with Gasteiger partial charge in [-0.25, -0.2) is 0 Å². The monoisotopic (exact) mass is 439 g/mol. The summed E-state index contributed by atoms with van der Waals surface area (Å²) in [7, 11) is 0. The van der Waals surface area contributed by atoms with E-state index in [1.54, 1.807) is 0 Å². The first-order valence-corrected chi connectivity index (χ1v) is 10.4. The third-order valence-corrected chi connectivity index (χ3v) is 6.33. The Balaban J connectivity index is 2.32. The van der Waals surface area contributed by atoms with E-state index in [0.29, 0.717) is 6.61 Å². The molecule has 0 aliphatic heterocycles. The van der Waals surface area contributed by atoms with Crippen molar-refractivity contribution in [1.82, 2.24) is 0 Å². The van der Waals surface area contributed by atoms with E-state index in [1.165, 1.54) is 9.17 Å². The van der Waals surface area contributed by atoms with E-state index in [1.807, 2.05) is 13.0 Å². The predicted molar refractivity (Wildman–Crippen MR) is 101 cm³/mol. The number of aliphatic imine (C=N–C) groups is 1. The number of hydrogen-bond acceptors (Lipinski definition) is 3. The second-order valence-electron chi connectivity index (χ2n) is 5.64. The van der Waals surface area contributed by atoms with E-state index >= 15 is 0 Å². The van der Waals surface area contributed by atoms with Crippen LogP contribution in [-0.4, -0.2) is 37.3 Å². The van der Waals surface area contributed by atoms with Crippen LogP contribution in [-0.2, 0) is 9.53 Å². The first-order chi connectivity index (χ1) is 11.5. The van der Waals surface area contributed by atoms with Crippen molar-refractivity contribution in [2.45, 2.75) is 34.1 Å². The van der Waals surface area contributed by atoms with Gasteiger partial charge in [-0.2, -0.15) is 0 Å². The second-order valence-corrected chi connectivity index (χ2v) is 8.92. The van der Waals surface area contributed by atoms with Crippen LogP contribution >= 0.6 is 0 Å². The molecule has 4 heteroatoms. The van der Waals surface area contributed by atoms with Crippen molar-refractivity contribution < 1.29 is 9.53 Å². The van der Waals surface area contributed by atoms with Gasteiger partial charge < -0.3 is 0 Å². The molecule has 0 heterocycles. The summed E-state index contributed by atoms with van der Waals surface area (Å²) >= 11 is -0.707. The van der Waals surface area contributed by atoms with Crippen LogP contribution in [0.5, 0.6) is 0 Å². The topological polar surface area (TPSA) is 38.7 Å². The van der Waals surface area contributed by atoms with Crippen LogP contribution in [0.1, 0.15) is 30.0 Å². The predicted octanol–water partition coefficient (Wildman–Crippen LogP) is 3.62. The van der Waals surface area contributed by atoms with E-state index in [0.717, 1.165) is 20.6 Å². The number of nitrogens with zero attached hydrogens (tertiary/aromatic N) is 1. The Labute approximate surface area is 154 Å². The quantitative estimate of drug-likeness (QED) is 0.394. The standard InChI is InChI=1S/C20H23NO2Te/c1-5-23-19(22)13-18(24-17-11-9-14(2)10-12-17)21-20-15(3)7-6-8-16(20)4/h6-12H,5,13H2,1-4H3. The zero-order chi connectivity index (χ0) is 17.5. The zero-order valence-corrected chi connectivity index (χ0v) is 17.0. The molecule has 0 bridgehead atoms. The molecule has 0 aliphatic carbocycles. The van der Waals surface area contributed by atoms with Crippen LogP contribution in [0.3, 0.4) is 0 Å². The van der Waals surface area contributed by atoms with Crippen molar-refractivity contribution in [3.8, 4) is 0 Å². The molecule has 0 unspecified atom stereocenters. The fourth-order valence-electron chi connectivity index (χ4n) is 2.28. The first kappa shape index (κ1) is 18.7. The average molecular weight is 437 g/mol. The van der Waals surface area contributed by atoms with Gasteiger partial charge in [0.25, 0.3) is 0 Å². The summed E-state index contributed by atoms with van der Waals surface area (Å²) in [6.07, 6.45) is 0.276. The Morgan fingerprint density at radius 2 is 1.67 bits per heavy atom. The summed E-state index contributed by atoms with van der Waals surface area (Å²) in [5.74, 6) is -0.195. The Kier molecular flexibility index (Phi) is 7.02. The molecule has 0 amide bonds. The van der Waals surface area contributed by atoms with E-state index in [4.69, 9.17) is 9.73 Å². The van der Waals surface area contributed by atoms with Crippen LogP contribution in [0.25, 0.3) is 0 Å². The van der Waals surface area contributed by atoms with E-state index < -0.39 is 20.9 Å². The molecule has 0 saturated carbocycles. The number of carbonyl (C=O) groups excluding carboxylic acids is 1. The molecule has 0 radical (unpaired) electrons. The fraction of sp³-hybridized carbons (Fsp3) is 0.300. The fourth-order valence-corrected chi connectivity index (χ4v) is 4.77. The number of aryl methyl sites for hydroxylation is 3. The summed E-state index contributed by atoms with van der Waals surface area (Å²) in [5.41, 5.74) is 4.49. The van der Waals surface area contributed by atoms with Crippen molar-refractivity contribution in [2.75, 3.05) is 6.61 Å². The zero-order valence-electron chi connectivity index (χ0n) is 14.6. The summed E-state index contributed by atoms with van der Waals surface area (Å²) < 4.78 is 7.36. The van der Waals surface area contributed by atoms with Gasteiger partial charge in [-0.3, -0.25) is 0 Å². The summed E-state index contributed by atoms with van der Waals surface area (Å²) in [6.45, 7) is 8.42. The molecule has 0 fully saturated rings. The van der Waals surface area contributed by atoms with Crippen LogP contribution in [0.2, 0.25) is 0 Å². The third-order valence-electron chi connectivity index (χ3n) is 3.53. The van der Waals surface area contributed by atoms with Gasteiger partial charge in [0.2, 0.25) is 0 Å². The van der Waals surface area contributed by atoms with Crippen molar-refractivity contribution >= 4 is 40.0 Å². The summed E-state index contributed by atoms with van der Waals surface area (Å²) in [4.78, 5) is 16.8. The molecule has 0 atom stereocenters. The number of benzene rings is 2. The number of esters is 1. The summed E-state index contributed by atoms with van der Waals surface area (Å²) in [5, 5.41) is 0. The Morgan fingerprint density at radius 3 is 2.25 bits per heavy atom. The number of hydrogen-bond donors (Lipinski definition) is 0. The van der Waals surface area contributed by atoms with Gasteiger partial charge >= 0.3 is 154 Å². The number of ether oxygens (including phenoxy) is 1. The van der Waals surface area contributed by atoms with E-state index in [2.05, 4.69) is 57.2 Å². The van der Waals surface area contributed by atoms with E-state index in [9.17, 15) is 4.79 Å². The Morgan fingerprint density at radius 1 is 1.04 bits per heavy atom. The normalized spacial score (nSPS) is 11.4. The molecule has 0 N–H and O–H groups in total. The van der Waals surface area contributed by atoms with Crippen LogP contribution in [0.4, 0.5) is 5.69 Å². The number of rotatable bonds is 6. The second kappa shape index (κ2) is 9.01. The Hall–Kier alpha value is -1.63. The van der Waals surface area contributed by atoms with Gasteiger partial charge in [0, 0.05) is 0 Å². The third kappa shape index (κ3) is 5.47. The van der Waals surface area contributed by atoms with Gasteiger partial charge in [0.15, 0.2) is 0 Å². The van der Waals surface area contributed by atoms with Crippen molar-refractivity contribution in [1.29, 1.82) is 0 Å². The van der Waals surface area contributed by atoms with Gasteiger partial charge in [0.05, 0.1) is 0 Å². The van der Waals surface area contributed by atoms with Gasteiger partial charge in [0.1, 0.15) is 0 Å². The van der Waals surface area contributed by atoms with Crippen molar-refractivity contribution in [2.24, 2.45) is 4.99 Å². The van der Waals surface area contributed by atoms with Crippen LogP contribution in [0, 0.1) is 20.8 Å². The average Bonchev–Trinajstić information content (AvgIpc) is 2.53. The maximum atomic E-state index is 12.0. The molecule has 0 aliphatic rings. The van der Waals surface area contributed by atoms with Gasteiger partial charge in [-0.05, 0) is 0 Å². The molecule has 2 rings (SSSR count). The van der Waals surface area contributed by atoms with Gasteiger partial charge in [-0.1, -0.05) is 0 Å². The molecular formula is C20H23NO2Te. The molecule has 2 aromatic carbocycles. The SMILES string of the molecule is CCOC(=O)CC(=Nc1c(C)cccc1C)[Te]c1ccc(C)cc1. The number of para-hydroxylation sites is 1. The van der Waals surface area contributed by atoms with E-state index in [-0.39, 0.29) is 12.4 Å². The van der Waals surface area contributed by atoms with Gasteiger partial charge in [-0.15, -0.1) is 0 Å². The molecule has 0 spiro atoms. The minimum absolute atomic E-state index is 0.195. The molecule has 24 heavy (non-hydrogen) atoms. The maximum absolute atomic E-state index is 12.0. The molecule has 0 aromatic heterocycles. The van der Waals surface area contributed by atoms with Crippen LogP contribution in [0.15, 0.2) is 47.5 Å². The van der Waals surface area contributed by atoms with Crippen molar-refractivity contribution in [3.05, 3.63) is 59.2 Å². The molecule has 3 nitrogen and oxygen atoms in total. The minimum atomic E-state index is -0.707. The van der Waals surface area contributed by atoms with Crippen LogP contribution < -0.4 is 3.61 Å². The molecular weight excluding hydrogens is 414 g/mol.